The van der Waals surface area contributed by atoms with Gasteiger partial charge in [-0.1, -0.05) is 55.9 Å². The standard InChI is InChI=1S/C25H27N3OS/c1-16(2)19-6-8-20(9-7-19)22-12-24(29)28-14-27(15-30-25(28)23(22)13-26)21-10-5-17(3)18(4)11-21/h5-11,16,22H,12,14-15H2,1-4H3/t22-/m0/s1. The van der Waals surface area contributed by atoms with Crippen LogP contribution in [0.25, 0.3) is 0 Å². The third kappa shape index (κ3) is 3.73. The number of carbonyl (C=O) groups excluding carboxylic acids is 1. The second kappa shape index (κ2) is 8.20. The molecule has 4 rings (SSSR count). The van der Waals surface area contributed by atoms with Crippen molar-refractivity contribution < 1.29 is 4.79 Å². The van der Waals surface area contributed by atoms with E-state index >= 15 is 0 Å². The topological polar surface area (TPSA) is 47.3 Å². The Hall–Kier alpha value is -2.71. The SMILES string of the molecule is Cc1ccc(N2CSC3=C(C#N)[C@H](c4ccc(C(C)C)cc4)CC(=O)N3C2)cc1C. The fourth-order valence-electron chi connectivity index (χ4n) is 4.05. The van der Waals surface area contributed by atoms with Gasteiger partial charge < -0.3 is 4.90 Å². The summed E-state index contributed by atoms with van der Waals surface area (Å²) < 4.78 is 0. The van der Waals surface area contributed by atoms with Crippen LogP contribution in [0.4, 0.5) is 5.69 Å². The predicted molar refractivity (Wildman–Crippen MR) is 123 cm³/mol. The van der Waals surface area contributed by atoms with Crippen LogP contribution in [0.15, 0.2) is 53.1 Å². The van der Waals surface area contributed by atoms with E-state index in [1.165, 1.54) is 16.7 Å². The van der Waals surface area contributed by atoms with Gasteiger partial charge in [0.2, 0.25) is 5.91 Å². The zero-order valence-corrected chi connectivity index (χ0v) is 18.8. The molecule has 2 aromatic carbocycles. The number of allylic oxidation sites excluding steroid dienone is 1. The lowest BCUT2D eigenvalue weighted by Gasteiger charge is -2.42. The Labute approximate surface area is 183 Å². The summed E-state index contributed by atoms with van der Waals surface area (Å²) in [4.78, 5) is 17.1. The predicted octanol–water partition coefficient (Wildman–Crippen LogP) is 5.65. The number of hydrogen-bond donors (Lipinski definition) is 0. The number of benzene rings is 2. The molecule has 30 heavy (non-hydrogen) atoms. The van der Waals surface area contributed by atoms with Gasteiger partial charge in [-0.05, 0) is 54.2 Å². The molecule has 1 fully saturated rings. The average molecular weight is 418 g/mol. The minimum Gasteiger partial charge on any atom is -0.344 e. The van der Waals surface area contributed by atoms with Crippen molar-refractivity contribution in [1.29, 1.82) is 5.26 Å². The van der Waals surface area contributed by atoms with Crippen LogP contribution in [0.5, 0.6) is 0 Å². The van der Waals surface area contributed by atoms with Crippen LogP contribution in [0.2, 0.25) is 0 Å². The van der Waals surface area contributed by atoms with Gasteiger partial charge in [0, 0.05) is 18.0 Å². The van der Waals surface area contributed by atoms with Crippen molar-refractivity contribution >= 4 is 23.4 Å². The molecule has 2 heterocycles. The maximum absolute atomic E-state index is 13.1. The van der Waals surface area contributed by atoms with Crippen molar-refractivity contribution in [2.45, 2.75) is 46.0 Å². The van der Waals surface area contributed by atoms with Gasteiger partial charge in [0.1, 0.15) is 0 Å². The largest absolute Gasteiger partial charge is 0.344 e. The van der Waals surface area contributed by atoms with E-state index in [0.29, 0.717) is 19.0 Å². The summed E-state index contributed by atoms with van der Waals surface area (Å²) in [6.07, 6.45) is 0.342. The van der Waals surface area contributed by atoms with Gasteiger partial charge in [0.25, 0.3) is 0 Å². The van der Waals surface area contributed by atoms with Crippen molar-refractivity contribution in [3.8, 4) is 6.07 Å². The monoisotopic (exact) mass is 417 g/mol. The van der Waals surface area contributed by atoms with E-state index < -0.39 is 0 Å². The third-order valence-electron chi connectivity index (χ3n) is 6.15. The van der Waals surface area contributed by atoms with Crippen LogP contribution < -0.4 is 4.90 Å². The Bertz CT molecular complexity index is 1050. The second-order valence-electron chi connectivity index (χ2n) is 8.45. The van der Waals surface area contributed by atoms with E-state index in [4.69, 9.17) is 0 Å². The molecule has 154 valence electrons. The molecule has 0 unspecified atom stereocenters. The molecular weight excluding hydrogens is 390 g/mol. The van der Waals surface area contributed by atoms with Crippen LogP contribution >= 0.6 is 11.8 Å². The molecule has 1 saturated heterocycles. The molecule has 4 nitrogen and oxygen atoms in total. The maximum Gasteiger partial charge on any atom is 0.229 e. The van der Waals surface area contributed by atoms with Gasteiger partial charge in [-0.3, -0.25) is 9.69 Å². The van der Waals surface area contributed by atoms with Gasteiger partial charge in [0.15, 0.2) is 0 Å². The summed E-state index contributed by atoms with van der Waals surface area (Å²) in [5.41, 5.74) is 6.65. The van der Waals surface area contributed by atoms with E-state index in [1.54, 1.807) is 16.7 Å². The molecule has 5 heteroatoms. The molecule has 0 aliphatic carbocycles. The van der Waals surface area contributed by atoms with Gasteiger partial charge in [0.05, 0.1) is 29.2 Å². The first-order valence-corrected chi connectivity index (χ1v) is 11.4. The highest BCUT2D eigenvalue weighted by Gasteiger charge is 2.38. The van der Waals surface area contributed by atoms with Crippen LogP contribution in [-0.2, 0) is 4.79 Å². The van der Waals surface area contributed by atoms with Crippen LogP contribution in [0.1, 0.15) is 54.4 Å². The highest BCUT2D eigenvalue weighted by molar-refractivity contribution is 8.03. The van der Waals surface area contributed by atoms with Crippen molar-refractivity contribution in [3.05, 3.63) is 75.3 Å². The Kier molecular flexibility index (Phi) is 5.62. The first-order chi connectivity index (χ1) is 14.4. The molecule has 2 aliphatic heterocycles. The first kappa shape index (κ1) is 20.6. The molecule has 0 bridgehead atoms. The lowest BCUT2D eigenvalue weighted by Crippen LogP contribution is -2.47. The van der Waals surface area contributed by atoms with E-state index in [9.17, 15) is 10.1 Å². The zero-order chi connectivity index (χ0) is 21.4. The number of nitriles is 1. The number of thioether (sulfide) groups is 1. The Morgan fingerprint density at radius 1 is 1.10 bits per heavy atom. The van der Waals surface area contributed by atoms with Crippen LogP contribution in [0.3, 0.4) is 0 Å². The third-order valence-corrected chi connectivity index (χ3v) is 7.31. The summed E-state index contributed by atoms with van der Waals surface area (Å²) >= 11 is 1.59. The quantitative estimate of drug-likeness (QED) is 0.648. The maximum atomic E-state index is 13.1. The molecule has 1 atom stereocenters. The summed E-state index contributed by atoms with van der Waals surface area (Å²) in [5.74, 6) is 1.12. The molecule has 2 aliphatic rings. The van der Waals surface area contributed by atoms with Crippen molar-refractivity contribution in [2.24, 2.45) is 0 Å². The molecule has 0 N–H and O–H groups in total. The lowest BCUT2D eigenvalue weighted by atomic mass is 9.85. The van der Waals surface area contributed by atoms with E-state index in [1.807, 2.05) is 0 Å². The smallest absolute Gasteiger partial charge is 0.229 e. The van der Waals surface area contributed by atoms with Gasteiger partial charge in [-0.15, -0.1) is 0 Å². The number of rotatable bonds is 3. The average Bonchev–Trinajstić information content (AvgIpc) is 2.75. The molecule has 0 aromatic heterocycles. The van der Waals surface area contributed by atoms with E-state index in [-0.39, 0.29) is 11.8 Å². The highest BCUT2D eigenvalue weighted by Crippen LogP contribution is 2.43. The van der Waals surface area contributed by atoms with E-state index in [2.05, 4.69) is 81.1 Å². The van der Waals surface area contributed by atoms with Crippen molar-refractivity contribution in [1.82, 2.24) is 4.90 Å². The zero-order valence-electron chi connectivity index (χ0n) is 18.0. The molecular formula is C25H27N3OS. The Balaban J connectivity index is 1.63. The highest BCUT2D eigenvalue weighted by atomic mass is 32.2. The molecule has 2 aromatic rings. The molecule has 0 radical (unpaired) electrons. The number of anilines is 1. The summed E-state index contributed by atoms with van der Waals surface area (Å²) in [5, 5.41) is 10.8. The normalized spacial score (nSPS) is 19.2. The second-order valence-corrected chi connectivity index (χ2v) is 9.39. The minimum atomic E-state index is -0.157. The fraction of sp³-hybridized carbons (Fsp3) is 0.360. The van der Waals surface area contributed by atoms with Gasteiger partial charge >= 0.3 is 0 Å². The van der Waals surface area contributed by atoms with Crippen molar-refractivity contribution in [2.75, 3.05) is 17.4 Å². The van der Waals surface area contributed by atoms with E-state index in [0.717, 1.165) is 27.7 Å². The first-order valence-electron chi connectivity index (χ1n) is 10.4. The van der Waals surface area contributed by atoms with Crippen LogP contribution in [-0.4, -0.2) is 23.4 Å². The number of hydrogen-bond acceptors (Lipinski definition) is 4. The number of nitrogens with zero attached hydrogens (tertiary/aromatic N) is 3. The lowest BCUT2D eigenvalue weighted by molar-refractivity contribution is -0.129. The number of fused-ring (bicyclic) bond motifs is 1. The van der Waals surface area contributed by atoms with Gasteiger partial charge in [-0.25, -0.2) is 0 Å². The fourth-order valence-corrected chi connectivity index (χ4v) is 5.21. The van der Waals surface area contributed by atoms with Crippen LogP contribution in [0, 0.1) is 25.2 Å². The van der Waals surface area contributed by atoms with Crippen molar-refractivity contribution in [3.63, 3.8) is 0 Å². The van der Waals surface area contributed by atoms with Gasteiger partial charge in [-0.2, -0.15) is 5.26 Å². The minimum absolute atomic E-state index is 0.0861. The number of amides is 1. The Morgan fingerprint density at radius 3 is 2.47 bits per heavy atom. The Morgan fingerprint density at radius 2 is 1.83 bits per heavy atom. The summed E-state index contributed by atoms with van der Waals surface area (Å²) in [7, 11) is 0. The molecule has 0 spiro atoms. The number of aryl methyl sites for hydroxylation is 2. The molecule has 1 amide bonds. The summed E-state index contributed by atoms with van der Waals surface area (Å²) in [6, 6.07) is 17.2. The molecule has 0 saturated carbocycles. The number of carbonyl (C=O) groups is 1. The summed E-state index contributed by atoms with van der Waals surface area (Å²) in [6.45, 7) is 9.04.